The Morgan fingerprint density at radius 2 is 1.35 bits per heavy atom. The number of benzene rings is 3. The minimum absolute atomic E-state index is 0.0877. The van der Waals surface area contributed by atoms with Gasteiger partial charge in [-0.2, -0.15) is 0 Å². The van der Waals surface area contributed by atoms with Crippen LogP contribution >= 0.6 is 0 Å². The van der Waals surface area contributed by atoms with Crippen LogP contribution in [0.5, 0.6) is 0 Å². The molecule has 0 aromatic heterocycles. The van der Waals surface area contributed by atoms with Gasteiger partial charge >= 0.3 is 0 Å². The number of rotatable bonds is 6. The fraction of sp³-hybridized carbons (Fsp3) is 0.310. The summed E-state index contributed by atoms with van der Waals surface area (Å²) >= 11 is 0. The van der Waals surface area contributed by atoms with Gasteiger partial charge in [-0.25, -0.2) is 0 Å². The fourth-order valence-electron chi connectivity index (χ4n) is 6.86. The first-order valence-electron chi connectivity index (χ1n) is 11.8. The molecule has 0 saturated carbocycles. The van der Waals surface area contributed by atoms with Crippen molar-refractivity contribution in [3.05, 3.63) is 107 Å². The Hall–Kier alpha value is -3.28. The second-order valence-corrected chi connectivity index (χ2v) is 9.39. The molecule has 3 aromatic rings. The number of nitrogens with zero attached hydrogens (tertiary/aromatic N) is 1. The lowest BCUT2D eigenvalue weighted by atomic mass is 9.47. The molecule has 5 heteroatoms. The van der Waals surface area contributed by atoms with E-state index in [9.17, 15) is 9.59 Å². The topological polar surface area (TPSA) is 55.8 Å². The predicted octanol–water partition coefficient (Wildman–Crippen LogP) is 3.89. The van der Waals surface area contributed by atoms with E-state index in [-0.39, 0.29) is 17.7 Å². The summed E-state index contributed by atoms with van der Waals surface area (Å²) in [7, 11) is 3.22. The fourth-order valence-corrected chi connectivity index (χ4v) is 6.86. The number of carbonyl (C=O) groups is 2. The Labute approximate surface area is 199 Å². The van der Waals surface area contributed by atoms with Gasteiger partial charge in [0, 0.05) is 26.7 Å². The SMILES string of the molecule is COC(OC)C12c3ccccc3C(c3ccccc31)[C@H]1C(=O)N(CCc3ccccc3)C(=O)[C@@H]12. The van der Waals surface area contributed by atoms with Gasteiger partial charge in [0.25, 0.3) is 0 Å². The highest BCUT2D eigenvalue weighted by molar-refractivity contribution is 6.08. The summed E-state index contributed by atoms with van der Waals surface area (Å²) in [6.07, 6.45) is -0.0813. The van der Waals surface area contributed by atoms with E-state index in [0.717, 1.165) is 27.8 Å². The van der Waals surface area contributed by atoms with Crippen molar-refractivity contribution in [2.45, 2.75) is 24.0 Å². The van der Waals surface area contributed by atoms with Crippen LogP contribution in [0, 0.1) is 11.8 Å². The van der Waals surface area contributed by atoms with E-state index < -0.39 is 23.5 Å². The normalized spacial score (nSPS) is 26.6. The van der Waals surface area contributed by atoms with Gasteiger partial charge in [-0.1, -0.05) is 78.9 Å². The van der Waals surface area contributed by atoms with Crippen LogP contribution in [0.4, 0.5) is 0 Å². The van der Waals surface area contributed by atoms with Gasteiger partial charge < -0.3 is 9.47 Å². The van der Waals surface area contributed by atoms with Crippen molar-refractivity contribution in [3.8, 4) is 0 Å². The average Bonchev–Trinajstić information content (AvgIpc) is 3.14. The molecule has 2 bridgehead atoms. The molecule has 4 aliphatic rings. The number of hydrogen-bond acceptors (Lipinski definition) is 4. The van der Waals surface area contributed by atoms with Crippen molar-refractivity contribution >= 4 is 11.8 Å². The summed E-state index contributed by atoms with van der Waals surface area (Å²) in [6.45, 7) is 0.370. The minimum atomic E-state index is -0.898. The summed E-state index contributed by atoms with van der Waals surface area (Å²) < 4.78 is 11.8. The second-order valence-electron chi connectivity index (χ2n) is 9.39. The molecule has 0 spiro atoms. The standard InChI is InChI=1S/C29H27NO4/c1-33-28(34-2)29-21-14-8-6-12-19(21)23(20-13-7-9-15-22(20)29)24-25(29)27(32)30(26(24)31)17-16-18-10-4-3-5-11-18/h3-15,23-25,28H,16-17H2,1-2H3/t23?,24-,25-,29?/m1/s1. The first kappa shape index (κ1) is 21.3. The summed E-state index contributed by atoms with van der Waals surface area (Å²) in [5.41, 5.74) is 4.44. The van der Waals surface area contributed by atoms with Crippen molar-refractivity contribution in [2.24, 2.45) is 11.8 Å². The van der Waals surface area contributed by atoms with Crippen LogP contribution in [0.15, 0.2) is 78.9 Å². The molecule has 5 nitrogen and oxygen atoms in total. The van der Waals surface area contributed by atoms with Crippen LogP contribution in [-0.2, 0) is 30.9 Å². The predicted molar refractivity (Wildman–Crippen MR) is 127 cm³/mol. The molecule has 0 radical (unpaired) electrons. The molecule has 0 N–H and O–H groups in total. The Kier molecular flexibility index (Phi) is 4.94. The molecule has 34 heavy (non-hydrogen) atoms. The van der Waals surface area contributed by atoms with Crippen LogP contribution in [0.2, 0.25) is 0 Å². The van der Waals surface area contributed by atoms with E-state index in [0.29, 0.717) is 13.0 Å². The van der Waals surface area contributed by atoms with Crippen LogP contribution in [-0.4, -0.2) is 43.8 Å². The van der Waals surface area contributed by atoms with Crippen LogP contribution in [0.25, 0.3) is 0 Å². The maximum atomic E-state index is 14.1. The van der Waals surface area contributed by atoms with Gasteiger partial charge in [0.15, 0.2) is 6.29 Å². The number of carbonyl (C=O) groups excluding carboxylic acids is 2. The molecular weight excluding hydrogens is 426 g/mol. The lowest BCUT2D eigenvalue weighted by Crippen LogP contribution is -2.60. The molecule has 3 aromatic carbocycles. The lowest BCUT2D eigenvalue weighted by Gasteiger charge is -2.56. The molecule has 1 fully saturated rings. The first-order chi connectivity index (χ1) is 16.6. The molecule has 1 saturated heterocycles. The Morgan fingerprint density at radius 1 is 0.794 bits per heavy atom. The molecule has 2 amide bonds. The number of ether oxygens (including phenoxy) is 2. The molecule has 1 aliphatic heterocycles. The number of likely N-dealkylation sites (tertiary alicyclic amines) is 1. The quantitative estimate of drug-likeness (QED) is 0.420. The smallest absolute Gasteiger partial charge is 0.234 e. The minimum Gasteiger partial charge on any atom is -0.355 e. The molecule has 3 aliphatic carbocycles. The van der Waals surface area contributed by atoms with Crippen molar-refractivity contribution in [2.75, 3.05) is 20.8 Å². The van der Waals surface area contributed by atoms with E-state index in [4.69, 9.17) is 9.47 Å². The summed E-state index contributed by atoms with van der Waals surface area (Å²) in [5.74, 6) is -1.42. The van der Waals surface area contributed by atoms with Gasteiger partial charge in [0.2, 0.25) is 11.8 Å². The van der Waals surface area contributed by atoms with Crippen molar-refractivity contribution in [1.82, 2.24) is 4.90 Å². The van der Waals surface area contributed by atoms with E-state index in [2.05, 4.69) is 24.3 Å². The maximum Gasteiger partial charge on any atom is 0.234 e. The zero-order chi connectivity index (χ0) is 23.4. The van der Waals surface area contributed by atoms with E-state index in [1.807, 2.05) is 54.6 Å². The average molecular weight is 454 g/mol. The van der Waals surface area contributed by atoms with Gasteiger partial charge in [0.05, 0.1) is 17.3 Å². The first-order valence-corrected chi connectivity index (χ1v) is 11.8. The molecule has 7 rings (SSSR count). The highest BCUT2D eigenvalue weighted by Gasteiger charge is 2.70. The third-order valence-corrected chi connectivity index (χ3v) is 8.04. The van der Waals surface area contributed by atoms with Crippen molar-refractivity contribution < 1.29 is 19.1 Å². The Balaban J connectivity index is 1.54. The lowest BCUT2D eigenvalue weighted by molar-refractivity contribution is -0.169. The number of hydrogen-bond donors (Lipinski definition) is 0. The monoisotopic (exact) mass is 453 g/mol. The van der Waals surface area contributed by atoms with Crippen LogP contribution in [0.1, 0.15) is 33.7 Å². The molecule has 0 unspecified atom stereocenters. The third-order valence-electron chi connectivity index (χ3n) is 8.04. The number of methoxy groups -OCH3 is 2. The largest absolute Gasteiger partial charge is 0.355 e. The second kappa shape index (κ2) is 7.90. The van der Waals surface area contributed by atoms with E-state index in [1.165, 1.54) is 4.90 Å². The Morgan fingerprint density at radius 3 is 1.94 bits per heavy atom. The van der Waals surface area contributed by atoms with Crippen molar-refractivity contribution in [1.29, 1.82) is 0 Å². The van der Waals surface area contributed by atoms with Gasteiger partial charge in [-0.15, -0.1) is 0 Å². The van der Waals surface area contributed by atoms with Gasteiger partial charge in [-0.3, -0.25) is 14.5 Å². The number of imide groups is 1. The summed E-state index contributed by atoms with van der Waals surface area (Å²) in [4.78, 5) is 29.6. The van der Waals surface area contributed by atoms with Crippen LogP contribution < -0.4 is 0 Å². The zero-order valence-electron chi connectivity index (χ0n) is 19.3. The summed E-state index contributed by atoms with van der Waals surface area (Å²) in [6, 6.07) is 26.3. The highest BCUT2D eigenvalue weighted by Crippen LogP contribution is 2.65. The van der Waals surface area contributed by atoms with Gasteiger partial charge in [0.1, 0.15) is 0 Å². The van der Waals surface area contributed by atoms with E-state index in [1.54, 1.807) is 14.2 Å². The third kappa shape index (κ3) is 2.62. The molecule has 172 valence electrons. The highest BCUT2D eigenvalue weighted by atomic mass is 16.7. The molecule has 1 heterocycles. The Bertz CT molecular complexity index is 1220. The molecular formula is C29H27NO4. The van der Waals surface area contributed by atoms with Crippen molar-refractivity contribution in [3.63, 3.8) is 0 Å². The number of amides is 2. The van der Waals surface area contributed by atoms with E-state index >= 15 is 0 Å². The zero-order valence-corrected chi connectivity index (χ0v) is 19.3. The molecule has 2 atom stereocenters. The van der Waals surface area contributed by atoms with Crippen LogP contribution in [0.3, 0.4) is 0 Å². The maximum absolute atomic E-state index is 14.1. The van der Waals surface area contributed by atoms with Gasteiger partial charge in [-0.05, 0) is 34.2 Å². The summed E-state index contributed by atoms with van der Waals surface area (Å²) in [5, 5.41) is 0.